The molecule has 6 nitrogen and oxygen atoms in total. The van der Waals surface area contributed by atoms with Crippen LogP contribution in [0.2, 0.25) is 5.02 Å². The molecule has 158 valence electrons. The standard InChI is InChI=1S/C22H23ClFN3O3/c23-17-6-7-19(24)18(15-17)22(30)27-12-10-26(11-13-27)21(29)8-9-25-20(28)14-16-4-2-1-3-5-16/h1-7,15H,8-14H2,(H,25,28). The molecule has 1 saturated heterocycles. The number of benzene rings is 2. The molecule has 0 atom stereocenters. The molecule has 1 N–H and O–H groups in total. The Hall–Kier alpha value is -2.93. The number of piperazine rings is 1. The fourth-order valence-electron chi connectivity index (χ4n) is 3.30. The van der Waals surface area contributed by atoms with Crippen molar-refractivity contribution >= 4 is 29.3 Å². The minimum absolute atomic E-state index is 0.0663. The van der Waals surface area contributed by atoms with E-state index in [-0.39, 0.29) is 36.8 Å². The normalized spacial score (nSPS) is 13.8. The molecule has 0 unspecified atom stereocenters. The van der Waals surface area contributed by atoms with Gasteiger partial charge in [-0.15, -0.1) is 0 Å². The first kappa shape index (κ1) is 21.8. The second-order valence-electron chi connectivity index (χ2n) is 7.06. The van der Waals surface area contributed by atoms with Crippen LogP contribution in [0.15, 0.2) is 48.5 Å². The SMILES string of the molecule is O=C(Cc1ccccc1)NCCC(=O)N1CCN(C(=O)c2cc(Cl)ccc2F)CC1. The molecule has 2 aromatic carbocycles. The maximum Gasteiger partial charge on any atom is 0.257 e. The summed E-state index contributed by atoms with van der Waals surface area (Å²) < 4.78 is 13.9. The average molecular weight is 432 g/mol. The lowest BCUT2D eigenvalue weighted by atomic mass is 10.1. The number of carbonyl (C=O) groups excluding carboxylic acids is 3. The third-order valence-electron chi connectivity index (χ3n) is 4.95. The van der Waals surface area contributed by atoms with Gasteiger partial charge >= 0.3 is 0 Å². The lowest BCUT2D eigenvalue weighted by Gasteiger charge is -2.35. The van der Waals surface area contributed by atoms with E-state index in [0.717, 1.165) is 5.56 Å². The van der Waals surface area contributed by atoms with Gasteiger partial charge in [0.2, 0.25) is 11.8 Å². The highest BCUT2D eigenvalue weighted by molar-refractivity contribution is 6.31. The number of nitrogens with one attached hydrogen (secondary N) is 1. The molecule has 0 spiro atoms. The highest BCUT2D eigenvalue weighted by Crippen LogP contribution is 2.18. The summed E-state index contributed by atoms with van der Waals surface area (Å²) in [6.07, 6.45) is 0.466. The summed E-state index contributed by atoms with van der Waals surface area (Å²) in [7, 11) is 0. The van der Waals surface area contributed by atoms with Gasteiger partial charge < -0.3 is 15.1 Å². The zero-order valence-electron chi connectivity index (χ0n) is 16.4. The second kappa shape index (κ2) is 10.2. The highest BCUT2D eigenvalue weighted by Gasteiger charge is 2.26. The van der Waals surface area contributed by atoms with E-state index in [1.807, 2.05) is 30.3 Å². The third kappa shape index (κ3) is 5.79. The van der Waals surface area contributed by atoms with Gasteiger partial charge in [-0.1, -0.05) is 41.9 Å². The van der Waals surface area contributed by atoms with E-state index in [2.05, 4.69) is 5.32 Å². The zero-order chi connectivity index (χ0) is 21.5. The van der Waals surface area contributed by atoms with Crippen LogP contribution in [0.3, 0.4) is 0 Å². The van der Waals surface area contributed by atoms with Gasteiger partial charge in [-0.05, 0) is 23.8 Å². The molecule has 1 fully saturated rings. The first-order valence-electron chi connectivity index (χ1n) is 9.77. The predicted molar refractivity (Wildman–Crippen MR) is 112 cm³/mol. The van der Waals surface area contributed by atoms with Gasteiger partial charge in [0.25, 0.3) is 5.91 Å². The average Bonchev–Trinajstić information content (AvgIpc) is 2.75. The summed E-state index contributed by atoms with van der Waals surface area (Å²) in [5.74, 6) is -1.27. The molecule has 2 aromatic rings. The van der Waals surface area contributed by atoms with Crippen molar-refractivity contribution in [2.24, 2.45) is 0 Å². The van der Waals surface area contributed by atoms with Gasteiger partial charge in [0.1, 0.15) is 5.82 Å². The Labute approximate surface area is 179 Å². The number of rotatable bonds is 6. The first-order chi connectivity index (χ1) is 14.4. The van der Waals surface area contributed by atoms with E-state index in [4.69, 9.17) is 11.6 Å². The second-order valence-corrected chi connectivity index (χ2v) is 7.50. The van der Waals surface area contributed by atoms with E-state index in [1.54, 1.807) is 4.90 Å². The van der Waals surface area contributed by atoms with Crippen LogP contribution in [0.1, 0.15) is 22.3 Å². The van der Waals surface area contributed by atoms with E-state index >= 15 is 0 Å². The summed E-state index contributed by atoms with van der Waals surface area (Å²) in [5.41, 5.74) is 0.849. The summed E-state index contributed by atoms with van der Waals surface area (Å²) in [5, 5.41) is 3.05. The van der Waals surface area contributed by atoms with E-state index in [9.17, 15) is 18.8 Å². The fraction of sp³-hybridized carbons (Fsp3) is 0.318. The molecule has 3 amide bonds. The van der Waals surface area contributed by atoms with Crippen LogP contribution < -0.4 is 5.32 Å². The Morgan fingerprint density at radius 2 is 1.63 bits per heavy atom. The number of hydrogen-bond acceptors (Lipinski definition) is 3. The Morgan fingerprint density at radius 3 is 2.33 bits per heavy atom. The number of carbonyl (C=O) groups is 3. The lowest BCUT2D eigenvalue weighted by molar-refractivity contribution is -0.132. The van der Waals surface area contributed by atoms with Gasteiger partial charge in [-0.2, -0.15) is 0 Å². The summed E-state index contributed by atoms with van der Waals surface area (Å²) in [6.45, 7) is 1.63. The molecular weight excluding hydrogens is 409 g/mol. The predicted octanol–water partition coefficient (Wildman–Crippen LogP) is 2.51. The minimum Gasteiger partial charge on any atom is -0.355 e. The topological polar surface area (TPSA) is 69.7 Å². The molecule has 0 bridgehead atoms. The molecule has 1 aliphatic rings. The van der Waals surface area contributed by atoms with E-state index in [1.165, 1.54) is 23.1 Å². The third-order valence-corrected chi connectivity index (χ3v) is 5.18. The maximum atomic E-state index is 13.9. The van der Waals surface area contributed by atoms with Crippen molar-refractivity contribution in [1.82, 2.24) is 15.1 Å². The highest BCUT2D eigenvalue weighted by atomic mass is 35.5. The number of hydrogen-bond donors (Lipinski definition) is 1. The van der Waals surface area contributed by atoms with Crippen molar-refractivity contribution in [2.45, 2.75) is 12.8 Å². The molecule has 30 heavy (non-hydrogen) atoms. The Balaban J connectivity index is 1.41. The maximum absolute atomic E-state index is 13.9. The molecule has 1 aliphatic heterocycles. The smallest absolute Gasteiger partial charge is 0.257 e. The Kier molecular flexibility index (Phi) is 7.41. The van der Waals surface area contributed by atoms with Crippen molar-refractivity contribution in [1.29, 1.82) is 0 Å². The van der Waals surface area contributed by atoms with Crippen LogP contribution in [0.5, 0.6) is 0 Å². The van der Waals surface area contributed by atoms with Crippen molar-refractivity contribution in [3.05, 3.63) is 70.5 Å². The van der Waals surface area contributed by atoms with Crippen LogP contribution in [-0.2, 0) is 16.0 Å². The molecular formula is C22H23ClFN3O3. The largest absolute Gasteiger partial charge is 0.355 e. The van der Waals surface area contributed by atoms with Crippen molar-refractivity contribution in [3.8, 4) is 0 Å². The van der Waals surface area contributed by atoms with Crippen LogP contribution >= 0.6 is 11.6 Å². The van der Waals surface area contributed by atoms with Gasteiger partial charge in [0, 0.05) is 44.2 Å². The number of amides is 3. The Morgan fingerprint density at radius 1 is 0.967 bits per heavy atom. The van der Waals surface area contributed by atoms with Crippen molar-refractivity contribution < 1.29 is 18.8 Å². The Bertz CT molecular complexity index is 915. The minimum atomic E-state index is -0.617. The fourth-order valence-corrected chi connectivity index (χ4v) is 3.47. The van der Waals surface area contributed by atoms with Crippen molar-refractivity contribution in [3.63, 3.8) is 0 Å². The van der Waals surface area contributed by atoms with Gasteiger partial charge in [0.15, 0.2) is 0 Å². The molecule has 0 aromatic heterocycles. The van der Waals surface area contributed by atoms with Gasteiger partial charge in [0.05, 0.1) is 12.0 Å². The van der Waals surface area contributed by atoms with Crippen LogP contribution in [0, 0.1) is 5.82 Å². The summed E-state index contributed by atoms with van der Waals surface area (Å²) in [6, 6.07) is 13.3. The molecule has 8 heteroatoms. The van der Waals surface area contributed by atoms with Crippen LogP contribution in [-0.4, -0.2) is 60.2 Å². The van der Waals surface area contributed by atoms with Gasteiger partial charge in [-0.25, -0.2) is 4.39 Å². The molecule has 1 heterocycles. The summed E-state index contributed by atoms with van der Waals surface area (Å²) >= 11 is 5.86. The molecule has 0 radical (unpaired) electrons. The quantitative estimate of drug-likeness (QED) is 0.764. The molecule has 0 saturated carbocycles. The van der Waals surface area contributed by atoms with Crippen LogP contribution in [0.25, 0.3) is 0 Å². The molecule has 3 rings (SSSR count). The zero-order valence-corrected chi connectivity index (χ0v) is 17.2. The van der Waals surface area contributed by atoms with Crippen LogP contribution in [0.4, 0.5) is 4.39 Å². The van der Waals surface area contributed by atoms with Gasteiger partial charge in [-0.3, -0.25) is 14.4 Å². The van der Waals surface area contributed by atoms with Crippen molar-refractivity contribution in [2.75, 3.05) is 32.7 Å². The monoisotopic (exact) mass is 431 g/mol. The molecule has 0 aliphatic carbocycles. The lowest BCUT2D eigenvalue weighted by Crippen LogP contribution is -2.51. The first-order valence-corrected chi connectivity index (χ1v) is 10.1. The van der Waals surface area contributed by atoms with E-state index in [0.29, 0.717) is 31.2 Å². The summed E-state index contributed by atoms with van der Waals surface area (Å²) in [4.78, 5) is 40.0. The number of halogens is 2. The number of nitrogens with zero attached hydrogens (tertiary/aromatic N) is 2. The van der Waals surface area contributed by atoms with E-state index < -0.39 is 11.7 Å².